The van der Waals surface area contributed by atoms with E-state index in [4.69, 9.17) is 11.6 Å². The molecular weight excluding hydrogens is 440 g/mol. The van der Waals surface area contributed by atoms with E-state index in [0.29, 0.717) is 15.6 Å². The van der Waals surface area contributed by atoms with Crippen molar-refractivity contribution < 1.29 is 13.2 Å². The maximum atomic E-state index is 12.9. The SMILES string of the molecule is CN(c1ccc2sc(C(=O)NC3CCCCC3)cc2c1)S(=O)(=O)c1ccc(Cl)cc1. The number of nitrogens with one attached hydrogen (secondary N) is 1. The number of carbonyl (C=O) groups excluding carboxylic acids is 1. The van der Waals surface area contributed by atoms with Gasteiger partial charge in [0.15, 0.2) is 0 Å². The topological polar surface area (TPSA) is 66.5 Å². The van der Waals surface area contributed by atoms with Gasteiger partial charge in [-0.05, 0) is 66.8 Å². The molecule has 1 aromatic heterocycles. The molecule has 1 amide bonds. The number of amides is 1. The minimum atomic E-state index is -3.71. The van der Waals surface area contributed by atoms with Gasteiger partial charge < -0.3 is 5.32 Å². The molecule has 0 unspecified atom stereocenters. The number of hydrogen-bond donors (Lipinski definition) is 1. The summed E-state index contributed by atoms with van der Waals surface area (Å²) in [7, 11) is -2.19. The number of rotatable bonds is 5. The molecule has 30 heavy (non-hydrogen) atoms. The Balaban J connectivity index is 1.57. The lowest BCUT2D eigenvalue weighted by atomic mass is 9.95. The minimum absolute atomic E-state index is 0.0493. The molecule has 0 atom stereocenters. The van der Waals surface area contributed by atoms with Crippen LogP contribution < -0.4 is 9.62 Å². The first kappa shape index (κ1) is 21.2. The van der Waals surface area contributed by atoms with Crippen molar-refractivity contribution in [2.45, 2.75) is 43.0 Å². The van der Waals surface area contributed by atoms with E-state index < -0.39 is 10.0 Å². The summed E-state index contributed by atoms with van der Waals surface area (Å²) in [6, 6.07) is 13.6. The first-order chi connectivity index (χ1) is 14.3. The maximum absolute atomic E-state index is 12.9. The Morgan fingerprint density at radius 2 is 1.77 bits per heavy atom. The summed E-state index contributed by atoms with van der Waals surface area (Å²) in [6.07, 6.45) is 5.64. The number of carbonyl (C=O) groups is 1. The highest BCUT2D eigenvalue weighted by atomic mass is 35.5. The van der Waals surface area contributed by atoms with E-state index in [1.165, 1.54) is 41.2 Å². The van der Waals surface area contributed by atoms with E-state index in [0.717, 1.165) is 35.8 Å². The van der Waals surface area contributed by atoms with E-state index in [1.807, 2.05) is 12.1 Å². The molecule has 0 bridgehead atoms. The highest BCUT2D eigenvalue weighted by molar-refractivity contribution is 7.92. The van der Waals surface area contributed by atoms with Crippen LogP contribution in [0.5, 0.6) is 0 Å². The van der Waals surface area contributed by atoms with Crippen molar-refractivity contribution in [3.63, 3.8) is 0 Å². The van der Waals surface area contributed by atoms with Gasteiger partial charge in [0.25, 0.3) is 15.9 Å². The van der Waals surface area contributed by atoms with E-state index >= 15 is 0 Å². The zero-order valence-corrected chi connectivity index (χ0v) is 19.0. The normalized spacial score (nSPS) is 15.3. The third-order valence-corrected chi connectivity index (χ3v) is 8.67. The van der Waals surface area contributed by atoms with Crippen molar-refractivity contribution in [1.29, 1.82) is 0 Å². The van der Waals surface area contributed by atoms with Gasteiger partial charge in [0.1, 0.15) is 0 Å². The third kappa shape index (κ3) is 4.33. The second-order valence-electron chi connectivity index (χ2n) is 7.57. The van der Waals surface area contributed by atoms with Gasteiger partial charge >= 0.3 is 0 Å². The molecule has 1 aliphatic carbocycles. The van der Waals surface area contributed by atoms with Crippen LogP contribution >= 0.6 is 22.9 Å². The summed E-state index contributed by atoms with van der Waals surface area (Å²) < 4.78 is 28.1. The zero-order chi connectivity index (χ0) is 21.3. The van der Waals surface area contributed by atoms with Crippen LogP contribution in [0, 0.1) is 0 Å². The van der Waals surface area contributed by atoms with Crippen molar-refractivity contribution in [2.75, 3.05) is 11.4 Å². The standard InChI is InChI=1S/C22H23ClN2O3S2/c1-25(30(27,28)19-10-7-16(23)8-11-19)18-9-12-20-15(13-18)14-21(29-20)22(26)24-17-5-3-2-4-6-17/h7-14,17H,2-6H2,1H3,(H,24,26). The summed E-state index contributed by atoms with van der Waals surface area (Å²) in [5.74, 6) is -0.0493. The molecule has 1 N–H and O–H groups in total. The van der Waals surface area contributed by atoms with E-state index in [1.54, 1.807) is 24.3 Å². The molecule has 4 rings (SSSR count). The summed E-state index contributed by atoms with van der Waals surface area (Å²) >= 11 is 7.30. The molecule has 1 aliphatic rings. The summed E-state index contributed by atoms with van der Waals surface area (Å²) in [4.78, 5) is 13.5. The van der Waals surface area contributed by atoms with Crippen LogP contribution in [-0.2, 0) is 10.0 Å². The fraction of sp³-hybridized carbons (Fsp3) is 0.318. The number of anilines is 1. The van der Waals surface area contributed by atoms with E-state index in [2.05, 4.69) is 5.32 Å². The number of benzene rings is 2. The van der Waals surface area contributed by atoms with Gasteiger partial charge in [-0.3, -0.25) is 9.10 Å². The number of nitrogens with zero attached hydrogens (tertiary/aromatic N) is 1. The Morgan fingerprint density at radius 3 is 2.47 bits per heavy atom. The van der Waals surface area contributed by atoms with Gasteiger partial charge in [-0.2, -0.15) is 0 Å². The predicted octanol–water partition coefficient (Wildman–Crippen LogP) is 5.44. The lowest BCUT2D eigenvalue weighted by Gasteiger charge is -2.22. The molecule has 5 nitrogen and oxygen atoms in total. The highest BCUT2D eigenvalue weighted by Gasteiger charge is 2.22. The van der Waals surface area contributed by atoms with Gasteiger partial charge in [-0.25, -0.2) is 8.42 Å². The van der Waals surface area contributed by atoms with Crippen LogP contribution in [0.2, 0.25) is 5.02 Å². The van der Waals surface area contributed by atoms with Gasteiger partial charge in [-0.15, -0.1) is 11.3 Å². The molecule has 0 spiro atoms. The molecule has 1 heterocycles. The quantitative estimate of drug-likeness (QED) is 0.548. The Kier molecular flexibility index (Phi) is 6.04. The lowest BCUT2D eigenvalue weighted by Crippen LogP contribution is -2.35. The van der Waals surface area contributed by atoms with Gasteiger partial charge in [-0.1, -0.05) is 30.9 Å². The first-order valence-corrected chi connectivity index (χ1v) is 12.6. The van der Waals surface area contributed by atoms with Crippen LogP contribution in [0.1, 0.15) is 41.8 Å². The summed E-state index contributed by atoms with van der Waals surface area (Å²) in [5, 5.41) is 4.47. The zero-order valence-electron chi connectivity index (χ0n) is 16.6. The molecule has 1 saturated carbocycles. The van der Waals surface area contributed by atoms with Gasteiger partial charge in [0.2, 0.25) is 0 Å². The Morgan fingerprint density at radius 1 is 1.07 bits per heavy atom. The van der Waals surface area contributed by atoms with E-state index in [-0.39, 0.29) is 16.8 Å². The molecule has 1 fully saturated rings. The molecule has 0 aliphatic heterocycles. The van der Waals surface area contributed by atoms with Crippen LogP contribution in [0.15, 0.2) is 53.4 Å². The Labute approximate surface area is 185 Å². The van der Waals surface area contributed by atoms with Gasteiger partial charge in [0.05, 0.1) is 15.5 Å². The Hall–Kier alpha value is -2.09. The fourth-order valence-electron chi connectivity index (χ4n) is 3.75. The van der Waals surface area contributed by atoms with Crippen LogP contribution in [-0.4, -0.2) is 27.4 Å². The number of sulfonamides is 1. The Bertz CT molecular complexity index is 1170. The summed E-state index contributed by atoms with van der Waals surface area (Å²) in [6.45, 7) is 0. The lowest BCUT2D eigenvalue weighted by molar-refractivity contribution is 0.0932. The van der Waals surface area contributed by atoms with Crippen molar-refractivity contribution in [2.24, 2.45) is 0 Å². The number of thiophene rings is 1. The van der Waals surface area contributed by atoms with Crippen molar-refractivity contribution in [1.82, 2.24) is 5.32 Å². The second-order valence-corrected chi connectivity index (χ2v) is 11.1. The molecule has 0 saturated heterocycles. The van der Waals surface area contributed by atoms with Crippen LogP contribution in [0.25, 0.3) is 10.1 Å². The molecule has 3 aromatic rings. The fourth-order valence-corrected chi connectivity index (χ4v) is 6.00. The smallest absolute Gasteiger partial charge is 0.264 e. The van der Waals surface area contributed by atoms with Crippen molar-refractivity contribution >= 4 is 54.6 Å². The van der Waals surface area contributed by atoms with Crippen molar-refractivity contribution in [3.05, 3.63) is 58.4 Å². The van der Waals surface area contributed by atoms with Crippen LogP contribution in [0.4, 0.5) is 5.69 Å². The number of fused-ring (bicyclic) bond motifs is 1. The van der Waals surface area contributed by atoms with Crippen LogP contribution in [0.3, 0.4) is 0 Å². The number of halogens is 1. The molecule has 2 aromatic carbocycles. The van der Waals surface area contributed by atoms with E-state index in [9.17, 15) is 13.2 Å². The number of hydrogen-bond acceptors (Lipinski definition) is 4. The third-order valence-electron chi connectivity index (χ3n) is 5.50. The highest BCUT2D eigenvalue weighted by Crippen LogP contribution is 2.31. The largest absolute Gasteiger partial charge is 0.349 e. The van der Waals surface area contributed by atoms with Crippen molar-refractivity contribution in [3.8, 4) is 0 Å². The monoisotopic (exact) mass is 462 g/mol. The predicted molar refractivity (Wildman–Crippen MR) is 123 cm³/mol. The average molecular weight is 463 g/mol. The molecule has 158 valence electrons. The maximum Gasteiger partial charge on any atom is 0.264 e. The second kappa shape index (κ2) is 8.57. The summed E-state index contributed by atoms with van der Waals surface area (Å²) in [5.41, 5.74) is 0.537. The first-order valence-electron chi connectivity index (χ1n) is 9.93. The molecule has 8 heteroatoms. The van der Waals surface area contributed by atoms with Gasteiger partial charge in [0, 0.05) is 22.8 Å². The molecule has 0 radical (unpaired) electrons. The molecular formula is C22H23ClN2O3S2. The average Bonchev–Trinajstić information content (AvgIpc) is 3.18. The minimum Gasteiger partial charge on any atom is -0.349 e.